The molecule has 0 spiro atoms. The second-order valence-electron chi connectivity index (χ2n) is 7.57. The van der Waals surface area contributed by atoms with Gasteiger partial charge in [0.2, 0.25) is 0 Å². The van der Waals surface area contributed by atoms with Crippen molar-refractivity contribution in [3.63, 3.8) is 0 Å². The highest BCUT2D eigenvalue weighted by atomic mass is 19.1. The minimum Gasteiger partial charge on any atom is -0.386 e. The molecule has 1 amide bonds. The van der Waals surface area contributed by atoms with Gasteiger partial charge in [0.15, 0.2) is 5.69 Å². The number of amides is 1. The lowest BCUT2D eigenvalue weighted by Crippen LogP contribution is -2.24. The first-order valence-corrected chi connectivity index (χ1v) is 9.14. The van der Waals surface area contributed by atoms with Crippen LogP contribution < -0.4 is 0 Å². The molecule has 1 aliphatic rings. The zero-order chi connectivity index (χ0) is 20.8. The van der Waals surface area contributed by atoms with Crippen LogP contribution in [0.3, 0.4) is 0 Å². The fourth-order valence-electron chi connectivity index (χ4n) is 3.37. The SMILES string of the molecule is CC(C)(O)c1ccc(-c2cc(F)c(CN3Cc4nccnc4C3=O)c(F)c2)cc1. The van der Waals surface area contributed by atoms with Gasteiger partial charge in [-0.15, -0.1) is 0 Å². The van der Waals surface area contributed by atoms with Crippen molar-refractivity contribution < 1.29 is 18.7 Å². The molecule has 3 aromatic rings. The molecule has 5 nitrogen and oxygen atoms in total. The van der Waals surface area contributed by atoms with Gasteiger partial charge in [0.05, 0.1) is 24.4 Å². The molecule has 1 aromatic heterocycles. The van der Waals surface area contributed by atoms with Gasteiger partial charge in [0.1, 0.15) is 11.6 Å². The molecule has 2 heterocycles. The third kappa shape index (κ3) is 3.61. The van der Waals surface area contributed by atoms with E-state index in [0.717, 1.165) is 0 Å². The van der Waals surface area contributed by atoms with Crippen LogP contribution >= 0.6 is 0 Å². The second-order valence-corrected chi connectivity index (χ2v) is 7.57. The van der Waals surface area contributed by atoms with Crippen molar-refractivity contribution in [1.82, 2.24) is 14.9 Å². The van der Waals surface area contributed by atoms with Gasteiger partial charge in [-0.2, -0.15) is 0 Å². The summed E-state index contributed by atoms with van der Waals surface area (Å²) in [4.78, 5) is 21.8. The molecule has 7 heteroatoms. The fourth-order valence-corrected chi connectivity index (χ4v) is 3.37. The van der Waals surface area contributed by atoms with Crippen LogP contribution in [0.2, 0.25) is 0 Å². The third-order valence-corrected chi connectivity index (χ3v) is 5.02. The molecule has 1 N–H and O–H groups in total. The zero-order valence-electron chi connectivity index (χ0n) is 16.0. The Morgan fingerprint density at radius 1 is 1.03 bits per heavy atom. The van der Waals surface area contributed by atoms with Crippen LogP contribution in [0.25, 0.3) is 11.1 Å². The van der Waals surface area contributed by atoms with Crippen molar-refractivity contribution >= 4 is 5.91 Å². The first-order valence-electron chi connectivity index (χ1n) is 9.14. The van der Waals surface area contributed by atoms with Crippen LogP contribution in [-0.4, -0.2) is 25.9 Å². The van der Waals surface area contributed by atoms with Crippen molar-refractivity contribution in [2.45, 2.75) is 32.5 Å². The number of fused-ring (bicyclic) bond motifs is 1. The van der Waals surface area contributed by atoms with Crippen LogP contribution in [0.1, 0.15) is 41.2 Å². The van der Waals surface area contributed by atoms with Crippen molar-refractivity contribution in [3.05, 3.63) is 82.9 Å². The maximum absolute atomic E-state index is 14.7. The molecule has 0 saturated heterocycles. The Hall–Kier alpha value is -3.19. The van der Waals surface area contributed by atoms with Crippen LogP contribution in [0, 0.1) is 11.6 Å². The van der Waals surface area contributed by atoms with Gasteiger partial charge in [0, 0.05) is 18.0 Å². The van der Waals surface area contributed by atoms with E-state index in [0.29, 0.717) is 22.4 Å². The number of hydrogen-bond donors (Lipinski definition) is 1. The normalized spacial score (nSPS) is 13.7. The summed E-state index contributed by atoms with van der Waals surface area (Å²) in [7, 11) is 0. The van der Waals surface area contributed by atoms with Gasteiger partial charge in [-0.25, -0.2) is 13.8 Å². The number of benzene rings is 2. The van der Waals surface area contributed by atoms with E-state index in [9.17, 15) is 18.7 Å². The maximum Gasteiger partial charge on any atom is 0.275 e. The number of nitrogens with zero attached hydrogens (tertiary/aromatic N) is 3. The highest BCUT2D eigenvalue weighted by molar-refractivity contribution is 5.95. The Kier molecular flexibility index (Phi) is 4.62. The number of carbonyl (C=O) groups excluding carboxylic acids is 1. The minimum atomic E-state index is -0.998. The third-order valence-electron chi connectivity index (χ3n) is 5.02. The van der Waals surface area contributed by atoms with E-state index >= 15 is 0 Å². The predicted octanol–water partition coefficient (Wildman–Crippen LogP) is 3.81. The molecule has 0 atom stereocenters. The number of halogens is 2. The molecule has 148 valence electrons. The summed E-state index contributed by atoms with van der Waals surface area (Å²) in [5.41, 5.74) is 1.25. The zero-order valence-corrected chi connectivity index (χ0v) is 16.0. The minimum absolute atomic E-state index is 0.168. The molecule has 4 rings (SSSR count). The van der Waals surface area contributed by atoms with Gasteiger partial charge in [-0.05, 0) is 42.7 Å². The Bertz CT molecular complexity index is 1070. The molecule has 0 bridgehead atoms. The number of carbonyl (C=O) groups is 1. The van der Waals surface area contributed by atoms with Crippen molar-refractivity contribution in [3.8, 4) is 11.1 Å². The van der Waals surface area contributed by atoms with E-state index in [1.807, 2.05) is 0 Å². The molecule has 0 saturated carbocycles. The maximum atomic E-state index is 14.7. The summed E-state index contributed by atoms with van der Waals surface area (Å²) < 4.78 is 29.5. The highest BCUT2D eigenvalue weighted by Crippen LogP contribution is 2.29. The Balaban J connectivity index is 1.59. The Morgan fingerprint density at radius 3 is 2.24 bits per heavy atom. The first kappa shape index (κ1) is 19.1. The van der Waals surface area contributed by atoms with E-state index < -0.39 is 23.1 Å². The lowest BCUT2D eigenvalue weighted by molar-refractivity contribution is 0.0757. The average Bonchev–Trinajstić information content (AvgIpc) is 3.00. The summed E-state index contributed by atoms with van der Waals surface area (Å²) in [6.45, 7) is 3.30. The lowest BCUT2D eigenvalue weighted by Gasteiger charge is -2.18. The van der Waals surface area contributed by atoms with E-state index in [1.165, 1.54) is 29.4 Å². The van der Waals surface area contributed by atoms with E-state index in [1.54, 1.807) is 38.1 Å². The van der Waals surface area contributed by atoms with Crippen molar-refractivity contribution in [2.24, 2.45) is 0 Å². The number of hydrogen-bond acceptors (Lipinski definition) is 4. The molecule has 2 aromatic carbocycles. The predicted molar refractivity (Wildman–Crippen MR) is 103 cm³/mol. The molecule has 0 aliphatic carbocycles. The number of aliphatic hydroxyl groups is 1. The number of rotatable bonds is 4. The molecule has 0 unspecified atom stereocenters. The quantitative estimate of drug-likeness (QED) is 0.730. The van der Waals surface area contributed by atoms with Gasteiger partial charge in [-0.3, -0.25) is 9.78 Å². The monoisotopic (exact) mass is 395 g/mol. The highest BCUT2D eigenvalue weighted by Gasteiger charge is 2.31. The van der Waals surface area contributed by atoms with Crippen molar-refractivity contribution in [2.75, 3.05) is 0 Å². The van der Waals surface area contributed by atoms with Crippen LogP contribution in [0.5, 0.6) is 0 Å². The average molecular weight is 395 g/mol. The molecule has 0 radical (unpaired) electrons. The number of aromatic nitrogens is 2. The Labute approximate surface area is 166 Å². The summed E-state index contributed by atoms with van der Waals surface area (Å²) in [5, 5.41) is 10.0. The van der Waals surface area contributed by atoms with Crippen LogP contribution in [0.4, 0.5) is 8.78 Å². The second kappa shape index (κ2) is 7.00. The molecular weight excluding hydrogens is 376 g/mol. The summed E-state index contributed by atoms with van der Waals surface area (Å²) in [6, 6.07) is 9.36. The fraction of sp³-hybridized carbons (Fsp3) is 0.227. The van der Waals surface area contributed by atoms with Crippen LogP contribution in [-0.2, 0) is 18.7 Å². The summed E-state index contributed by atoms with van der Waals surface area (Å²) in [5.74, 6) is -1.84. The van der Waals surface area contributed by atoms with Gasteiger partial charge >= 0.3 is 0 Å². The van der Waals surface area contributed by atoms with Crippen LogP contribution in [0.15, 0.2) is 48.8 Å². The lowest BCUT2D eigenvalue weighted by atomic mass is 9.95. The van der Waals surface area contributed by atoms with Gasteiger partial charge in [0.25, 0.3) is 5.91 Å². The van der Waals surface area contributed by atoms with Crippen molar-refractivity contribution in [1.29, 1.82) is 0 Å². The van der Waals surface area contributed by atoms with E-state index in [2.05, 4.69) is 9.97 Å². The topological polar surface area (TPSA) is 66.3 Å². The Morgan fingerprint density at radius 2 is 1.66 bits per heavy atom. The first-order chi connectivity index (χ1) is 13.7. The summed E-state index contributed by atoms with van der Waals surface area (Å²) >= 11 is 0. The molecule has 0 fully saturated rings. The summed E-state index contributed by atoms with van der Waals surface area (Å²) in [6.07, 6.45) is 2.90. The largest absolute Gasteiger partial charge is 0.386 e. The smallest absolute Gasteiger partial charge is 0.275 e. The standard InChI is InChI=1S/C22H19F2N3O2/c1-22(2,29)15-5-3-13(4-6-15)14-9-17(23)16(18(24)10-14)11-27-12-19-20(21(27)28)26-8-7-25-19/h3-10,29H,11-12H2,1-2H3. The van der Waals surface area contributed by atoms with Gasteiger partial charge in [-0.1, -0.05) is 24.3 Å². The van der Waals surface area contributed by atoms with E-state index in [4.69, 9.17) is 0 Å². The van der Waals surface area contributed by atoms with Gasteiger partial charge < -0.3 is 10.0 Å². The van der Waals surface area contributed by atoms with E-state index in [-0.39, 0.29) is 24.3 Å². The molecule has 29 heavy (non-hydrogen) atoms. The molecule has 1 aliphatic heterocycles. The molecular formula is C22H19F2N3O2.